The molecule has 0 saturated carbocycles. The highest BCUT2D eigenvalue weighted by atomic mass is 16.1. The summed E-state index contributed by atoms with van der Waals surface area (Å²) >= 11 is 0. The minimum absolute atomic E-state index is 0.0282. The van der Waals surface area contributed by atoms with Crippen molar-refractivity contribution in [1.82, 2.24) is 14.8 Å². The monoisotopic (exact) mass is 201 g/mol. The number of rotatable bonds is 2. The first kappa shape index (κ1) is 9.58. The standard InChI is InChI=1S/C11H11N3O/c1-8-3-4-10(9(2)15)11(5-8)14-7-12-6-13-14/h3-7H,1-2H3. The van der Waals surface area contributed by atoms with Crippen LogP contribution in [0.25, 0.3) is 5.69 Å². The van der Waals surface area contributed by atoms with Crippen LogP contribution in [-0.4, -0.2) is 20.5 Å². The van der Waals surface area contributed by atoms with Crippen molar-refractivity contribution in [3.63, 3.8) is 0 Å². The second kappa shape index (κ2) is 3.65. The van der Waals surface area contributed by atoms with Crippen molar-refractivity contribution in [2.24, 2.45) is 0 Å². The lowest BCUT2D eigenvalue weighted by Gasteiger charge is -2.07. The Kier molecular flexibility index (Phi) is 2.33. The molecule has 2 rings (SSSR count). The first-order valence-corrected chi connectivity index (χ1v) is 4.65. The molecule has 0 amide bonds. The van der Waals surface area contributed by atoms with Crippen LogP contribution in [0.3, 0.4) is 0 Å². The van der Waals surface area contributed by atoms with Crippen LogP contribution in [0, 0.1) is 6.92 Å². The molecular weight excluding hydrogens is 190 g/mol. The van der Waals surface area contributed by atoms with Gasteiger partial charge in [-0.3, -0.25) is 4.79 Å². The van der Waals surface area contributed by atoms with E-state index in [1.807, 2.05) is 25.1 Å². The molecule has 0 atom stereocenters. The number of Topliss-reactive ketones (excluding diaryl/α,β-unsaturated/α-hetero) is 1. The molecular formula is C11H11N3O. The predicted octanol–water partition coefficient (Wildman–Crippen LogP) is 1.78. The molecule has 0 saturated heterocycles. The van der Waals surface area contributed by atoms with Gasteiger partial charge in [-0.2, -0.15) is 5.10 Å². The molecule has 4 nitrogen and oxygen atoms in total. The van der Waals surface area contributed by atoms with Crippen LogP contribution < -0.4 is 0 Å². The Labute approximate surface area is 87.6 Å². The first-order valence-electron chi connectivity index (χ1n) is 4.65. The molecule has 0 fully saturated rings. The molecule has 1 aromatic heterocycles. The van der Waals surface area contributed by atoms with E-state index in [1.54, 1.807) is 17.9 Å². The zero-order valence-corrected chi connectivity index (χ0v) is 8.64. The average molecular weight is 201 g/mol. The molecule has 15 heavy (non-hydrogen) atoms. The number of aryl methyl sites for hydroxylation is 1. The number of ketones is 1. The van der Waals surface area contributed by atoms with Crippen LogP contribution in [0.2, 0.25) is 0 Å². The normalized spacial score (nSPS) is 10.3. The van der Waals surface area contributed by atoms with Crippen molar-refractivity contribution in [3.8, 4) is 5.69 Å². The summed E-state index contributed by atoms with van der Waals surface area (Å²) in [7, 11) is 0. The van der Waals surface area contributed by atoms with Crippen molar-refractivity contribution in [3.05, 3.63) is 42.0 Å². The number of hydrogen-bond acceptors (Lipinski definition) is 3. The van der Waals surface area contributed by atoms with Gasteiger partial charge in [0.25, 0.3) is 0 Å². The van der Waals surface area contributed by atoms with Gasteiger partial charge in [0.2, 0.25) is 0 Å². The van der Waals surface area contributed by atoms with Crippen LogP contribution in [0.1, 0.15) is 22.8 Å². The van der Waals surface area contributed by atoms with Gasteiger partial charge in [-0.15, -0.1) is 0 Å². The van der Waals surface area contributed by atoms with Crippen molar-refractivity contribution in [1.29, 1.82) is 0 Å². The Morgan fingerprint density at radius 1 is 1.40 bits per heavy atom. The number of hydrogen-bond donors (Lipinski definition) is 0. The quantitative estimate of drug-likeness (QED) is 0.696. The summed E-state index contributed by atoms with van der Waals surface area (Å²) in [4.78, 5) is 15.3. The largest absolute Gasteiger partial charge is 0.294 e. The van der Waals surface area contributed by atoms with Crippen LogP contribution in [0.5, 0.6) is 0 Å². The molecule has 76 valence electrons. The van der Waals surface area contributed by atoms with Gasteiger partial charge in [-0.1, -0.05) is 6.07 Å². The highest BCUT2D eigenvalue weighted by Crippen LogP contribution is 2.15. The smallest absolute Gasteiger partial charge is 0.161 e. The third-order valence-corrected chi connectivity index (χ3v) is 2.20. The lowest BCUT2D eigenvalue weighted by atomic mass is 10.1. The summed E-state index contributed by atoms with van der Waals surface area (Å²) in [5.74, 6) is 0.0282. The number of carbonyl (C=O) groups excluding carboxylic acids is 1. The fraction of sp³-hybridized carbons (Fsp3) is 0.182. The fourth-order valence-electron chi connectivity index (χ4n) is 1.46. The van der Waals surface area contributed by atoms with Crippen molar-refractivity contribution in [2.75, 3.05) is 0 Å². The third-order valence-electron chi connectivity index (χ3n) is 2.20. The lowest BCUT2D eigenvalue weighted by Crippen LogP contribution is -2.04. The highest BCUT2D eigenvalue weighted by molar-refractivity contribution is 5.97. The summed E-state index contributed by atoms with van der Waals surface area (Å²) in [6, 6.07) is 5.65. The van der Waals surface area contributed by atoms with E-state index in [-0.39, 0.29) is 5.78 Å². The van der Waals surface area contributed by atoms with Crippen molar-refractivity contribution >= 4 is 5.78 Å². The molecule has 1 aromatic carbocycles. The third kappa shape index (κ3) is 1.79. The molecule has 0 aliphatic heterocycles. The Bertz CT molecular complexity index is 489. The van der Waals surface area contributed by atoms with Gasteiger partial charge < -0.3 is 0 Å². The minimum Gasteiger partial charge on any atom is -0.294 e. The number of nitrogens with zero attached hydrogens (tertiary/aromatic N) is 3. The molecule has 0 aliphatic rings. The molecule has 0 bridgehead atoms. The second-order valence-corrected chi connectivity index (χ2v) is 3.42. The van der Waals surface area contributed by atoms with Crippen molar-refractivity contribution < 1.29 is 4.79 Å². The van der Waals surface area contributed by atoms with E-state index >= 15 is 0 Å². The van der Waals surface area contributed by atoms with Crippen LogP contribution >= 0.6 is 0 Å². The van der Waals surface area contributed by atoms with Gasteiger partial charge in [0.15, 0.2) is 5.78 Å². The van der Waals surface area contributed by atoms with E-state index in [0.29, 0.717) is 5.56 Å². The molecule has 2 aromatic rings. The Morgan fingerprint density at radius 2 is 2.20 bits per heavy atom. The van der Waals surface area contributed by atoms with E-state index < -0.39 is 0 Å². The number of carbonyl (C=O) groups is 1. The summed E-state index contributed by atoms with van der Waals surface area (Å²) in [5, 5.41) is 4.02. The van der Waals surface area contributed by atoms with E-state index in [2.05, 4.69) is 10.1 Å². The number of aromatic nitrogens is 3. The molecule has 4 heteroatoms. The lowest BCUT2D eigenvalue weighted by molar-refractivity contribution is 0.101. The summed E-state index contributed by atoms with van der Waals surface area (Å²) in [5.41, 5.74) is 2.52. The van der Waals surface area contributed by atoms with E-state index in [4.69, 9.17) is 0 Å². The number of benzene rings is 1. The first-order chi connectivity index (χ1) is 7.18. The van der Waals surface area contributed by atoms with Crippen LogP contribution in [0.4, 0.5) is 0 Å². The maximum atomic E-state index is 11.4. The Balaban J connectivity index is 2.63. The van der Waals surface area contributed by atoms with Crippen LogP contribution in [0.15, 0.2) is 30.9 Å². The van der Waals surface area contributed by atoms with Gasteiger partial charge in [0.1, 0.15) is 12.7 Å². The SMILES string of the molecule is CC(=O)c1ccc(C)cc1-n1cncn1. The maximum Gasteiger partial charge on any atom is 0.161 e. The predicted molar refractivity (Wildman–Crippen MR) is 56.1 cm³/mol. The Hall–Kier alpha value is -1.97. The van der Waals surface area contributed by atoms with Crippen LogP contribution in [-0.2, 0) is 0 Å². The topological polar surface area (TPSA) is 47.8 Å². The van der Waals surface area contributed by atoms with E-state index in [9.17, 15) is 4.79 Å². The summed E-state index contributed by atoms with van der Waals surface area (Å²) < 4.78 is 1.60. The van der Waals surface area contributed by atoms with Gasteiger partial charge >= 0.3 is 0 Å². The van der Waals surface area contributed by atoms with E-state index in [1.165, 1.54) is 6.33 Å². The van der Waals surface area contributed by atoms with Gasteiger partial charge in [0.05, 0.1) is 5.69 Å². The van der Waals surface area contributed by atoms with E-state index in [0.717, 1.165) is 11.3 Å². The summed E-state index contributed by atoms with van der Waals surface area (Å²) in [6.45, 7) is 3.52. The minimum atomic E-state index is 0.0282. The van der Waals surface area contributed by atoms with Crippen molar-refractivity contribution in [2.45, 2.75) is 13.8 Å². The molecule has 0 spiro atoms. The average Bonchev–Trinajstić information content (AvgIpc) is 2.69. The molecule has 0 radical (unpaired) electrons. The molecule has 0 N–H and O–H groups in total. The molecule has 1 heterocycles. The van der Waals surface area contributed by atoms with Gasteiger partial charge in [0, 0.05) is 5.56 Å². The highest BCUT2D eigenvalue weighted by Gasteiger charge is 2.09. The van der Waals surface area contributed by atoms with Gasteiger partial charge in [-0.25, -0.2) is 9.67 Å². The summed E-state index contributed by atoms with van der Waals surface area (Å²) in [6.07, 6.45) is 3.04. The zero-order chi connectivity index (χ0) is 10.8. The van der Waals surface area contributed by atoms with Gasteiger partial charge in [-0.05, 0) is 31.5 Å². The molecule has 0 unspecified atom stereocenters. The Morgan fingerprint density at radius 3 is 2.80 bits per heavy atom. The fourth-order valence-corrected chi connectivity index (χ4v) is 1.46. The second-order valence-electron chi connectivity index (χ2n) is 3.42. The molecule has 0 aliphatic carbocycles. The zero-order valence-electron chi connectivity index (χ0n) is 8.64. The maximum absolute atomic E-state index is 11.4.